The Bertz CT molecular complexity index is 856. The minimum atomic E-state index is -0.399. The third kappa shape index (κ3) is 3.01. The number of amides is 1. The van der Waals surface area contributed by atoms with Crippen LogP contribution in [0.3, 0.4) is 0 Å². The molecule has 2 aromatic rings. The van der Waals surface area contributed by atoms with E-state index in [-0.39, 0.29) is 17.6 Å². The molecule has 0 saturated heterocycles. The number of benzene rings is 1. The van der Waals surface area contributed by atoms with E-state index in [0.717, 1.165) is 28.2 Å². The van der Waals surface area contributed by atoms with Gasteiger partial charge in [-0.15, -0.1) is 0 Å². The van der Waals surface area contributed by atoms with Crippen LogP contribution in [0.25, 0.3) is 0 Å². The summed E-state index contributed by atoms with van der Waals surface area (Å²) in [5.41, 5.74) is 4.88. The molecule has 0 aliphatic carbocycles. The SMILES string of the molecule is Cc1nn(C)c(C)c1CCC(=O)N1c2ccc([N+](=O)[O-])cc2C[C@@H]1C. The second kappa shape index (κ2) is 6.31. The van der Waals surface area contributed by atoms with Crippen molar-refractivity contribution in [3.8, 4) is 0 Å². The zero-order valence-corrected chi connectivity index (χ0v) is 14.9. The number of hydrogen-bond acceptors (Lipinski definition) is 4. The summed E-state index contributed by atoms with van der Waals surface area (Å²) in [7, 11) is 1.90. The number of aryl methyl sites for hydroxylation is 2. The monoisotopic (exact) mass is 342 g/mol. The highest BCUT2D eigenvalue weighted by atomic mass is 16.6. The molecule has 0 spiro atoms. The Hall–Kier alpha value is -2.70. The topological polar surface area (TPSA) is 81.3 Å². The fourth-order valence-corrected chi connectivity index (χ4v) is 3.64. The summed E-state index contributed by atoms with van der Waals surface area (Å²) < 4.78 is 1.84. The molecule has 7 nitrogen and oxygen atoms in total. The van der Waals surface area contributed by atoms with Gasteiger partial charge < -0.3 is 4.90 Å². The normalized spacial score (nSPS) is 16.2. The predicted octanol–water partition coefficient (Wildman–Crippen LogP) is 2.86. The number of nitrogens with zero attached hydrogens (tertiary/aromatic N) is 4. The van der Waals surface area contributed by atoms with Gasteiger partial charge in [0.15, 0.2) is 0 Å². The number of carbonyl (C=O) groups is 1. The van der Waals surface area contributed by atoms with Gasteiger partial charge in [-0.2, -0.15) is 5.10 Å². The van der Waals surface area contributed by atoms with Gasteiger partial charge >= 0.3 is 0 Å². The van der Waals surface area contributed by atoms with Gasteiger partial charge in [-0.1, -0.05) is 0 Å². The molecule has 0 fully saturated rings. The molecule has 0 radical (unpaired) electrons. The lowest BCUT2D eigenvalue weighted by atomic mass is 10.1. The molecule has 0 bridgehead atoms. The summed E-state index contributed by atoms with van der Waals surface area (Å²) in [6, 6.07) is 4.75. The predicted molar refractivity (Wildman–Crippen MR) is 94.8 cm³/mol. The van der Waals surface area contributed by atoms with Crippen molar-refractivity contribution in [2.75, 3.05) is 4.90 Å². The van der Waals surface area contributed by atoms with Gasteiger partial charge in [-0.25, -0.2) is 0 Å². The zero-order chi connectivity index (χ0) is 18.3. The van der Waals surface area contributed by atoms with E-state index >= 15 is 0 Å². The molecular weight excluding hydrogens is 320 g/mol. The lowest BCUT2D eigenvalue weighted by Crippen LogP contribution is -2.35. The maximum atomic E-state index is 12.8. The Morgan fingerprint density at radius 3 is 2.72 bits per heavy atom. The molecule has 1 aromatic heterocycles. The van der Waals surface area contributed by atoms with Crippen LogP contribution in [-0.2, 0) is 24.7 Å². The van der Waals surface area contributed by atoms with Crippen LogP contribution in [0.5, 0.6) is 0 Å². The molecule has 1 aliphatic heterocycles. The highest BCUT2D eigenvalue weighted by Crippen LogP contribution is 2.35. The van der Waals surface area contributed by atoms with E-state index in [9.17, 15) is 14.9 Å². The zero-order valence-electron chi connectivity index (χ0n) is 14.9. The number of carbonyl (C=O) groups excluding carboxylic acids is 1. The van der Waals surface area contributed by atoms with Crippen LogP contribution in [0.15, 0.2) is 18.2 Å². The highest BCUT2D eigenvalue weighted by Gasteiger charge is 2.32. The Morgan fingerprint density at radius 2 is 2.12 bits per heavy atom. The lowest BCUT2D eigenvalue weighted by Gasteiger charge is -2.22. The summed E-state index contributed by atoms with van der Waals surface area (Å²) in [4.78, 5) is 25.1. The molecule has 3 rings (SSSR count). The van der Waals surface area contributed by atoms with E-state index in [0.29, 0.717) is 19.3 Å². The molecule has 0 unspecified atom stereocenters. The molecule has 0 N–H and O–H groups in total. The molecule has 132 valence electrons. The lowest BCUT2D eigenvalue weighted by molar-refractivity contribution is -0.384. The van der Waals surface area contributed by atoms with Crippen LogP contribution in [0.1, 0.15) is 35.9 Å². The standard InChI is InChI=1S/C18H22N4O3/c1-11-9-14-10-15(22(24)25)5-7-17(14)21(11)18(23)8-6-16-12(2)19-20(4)13(16)3/h5,7,10-11H,6,8-9H2,1-4H3/t11-/m0/s1. The van der Waals surface area contributed by atoms with Crippen LogP contribution in [0, 0.1) is 24.0 Å². The number of anilines is 1. The van der Waals surface area contributed by atoms with Gasteiger partial charge in [-0.3, -0.25) is 19.6 Å². The first-order valence-corrected chi connectivity index (χ1v) is 8.38. The van der Waals surface area contributed by atoms with Crippen molar-refractivity contribution in [2.45, 2.75) is 46.1 Å². The molecule has 1 amide bonds. The first kappa shape index (κ1) is 17.1. The van der Waals surface area contributed by atoms with Crippen molar-refractivity contribution in [3.63, 3.8) is 0 Å². The molecule has 25 heavy (non-hydrogen) atoms. The number of nitro benzene ring substituents is 1. The number of hydrogen-bond donors (Lipinski definition) is 0. The first-order chi connectivity index (χ1) is 11.8. The van der Waals surface area contributed by atoms with Gasteiger partial charge in [0, 0.05) is 43.0 Å². The van der Waals surface area contributed by atoms with E-state index in [2.05, 4.69) is 5.10 Å². The van der Waals surface area contributed by atoms with Crippen molar-refractivity contribution in [2.24, 2.45) is 7.05 Å². The van der Waals surface area contributed by atoms with E-state index < -0.39 is 4.92 Å². The van der Waals surface area contributed by atoms with Gasteiger partial charge in [0.05, 0.1) is 10.6 Å². The Morgan fingerprint density at radius 1 is 1.40 bits per heavy atom. The fraction of sp³-hybridized carbons (Fsp3) is 0.444. The number of non-ortho nitro benzene ring substituents is 1. The maximum absolute atomic E-state index is 12.8. The Labute approximate surface area is 146 Å². The molecular formula is C18H22N4O3. The van der Waals surface area contributed by atoms with Gasteiger partial charge in [0.25, 0.3) is 5.69 Å². The summed E-state index contributed by atoms with van der Waals surface area (Å²) in [5, 5.41) is 15.3. The van der Waals surface area contributed by atoms with Gasteiger partial charge in [0.1, 0.15) is 0 Å². The molecule has 0 saturated carbocycles. The smallest absolute Gasteiger partial charge is 0.269 e. The van der Waals surface area contributed by atoms with Crippen molar-refractivity contribution >= 4 is 17.3 Å². The quantitative estimate of drug-likeness (QED) is 0.632. The summed E-state index contributed by atoms with van der Waals surface area (Å²) in [5.74, 6) is 0.0442. The average molecular weight is 342 g/mol. The van der Waals surface area contributed by atoms with E-state index in [4.69, 9.17) is 0 Å². The highest BCUT2D eigenvalue weighted by molar-refractivity contribution is 5.96. The molecule has 1 aromatic carbocycles. The third-order valence-electron chi connectivity index (χ3n) is 5.01. The summed E-state index contributed by atoms with van der Waals surface area (Å²) in [6.07, 6.45) is 1.69. The van der Waals surface area contributed by atoms with E-state index in [1.165, 1.54) is 6.07 Å². The van der Waals surface area contributed by atoms with Crippen LogP contribution in [0.2, 0.25) is 0 Å². The van der Waals surface area contributed by atoms with Crippen molar-refractivity contribution in [1.82, 2.24) is 9.78 Å². The molecule has 7 heteroatoms. The maximum Gasteiger partial charge on any atom is 0.269 e. The number of rotatable bonds is 4. The minimum absolute atomic E-state index is 0.0144. The van der Waals surface area contributed by atoms with Crippen molar-refractivity contribution in [3.05, 3.63) is 50.8 Å². The average Bonchev–Trinajstić information content (AvgIpc) is 3.00. The fourth-order valence-electron chi connectivity index (χ4n) is 3.64. The Kier molecular flexibility index (Phi) is 4.32. The number of fused-ring (bicyclic) bond motifs is 1. The second-order valence-corrected chi connectivity index (χ2v) is 6.66. The van der Waals surface area contributed by atoms with Gasteiger partial charge in [0.2, 0.25) is 5.91 Å². The second-order valence-electron chi connectivity index (χ2n) is 6.66. The number of nitro groups is 1. The van der Waals surface area contributed by atoms with E-state index in [1.54, 1.807) is 17.0 Å². The van der Waals surface area contributed by atoms with Crippen molar-refractivity contribution in [1.29, 1.82) is 0 Å². The summed E-state index contributed by atoms with van der Waals surface area (Å²) in [6.45, 7) is 5.94. The summed E-state index contributed by atoms with van der Waals surface area (Å²) >= 11 is 0. The van der Waals surface area contributed by atoms with Crippen molar-refractivity contribution < 1.29 is 9.72 Å². The van der Waals surface area contributed by atoms with Crippen LogP contribution in [-0.4, -0.2) is 26.7 Å². The molecule has 2 heterocycles. The Balaban J connectivity index is 1.78. The number of aromatic nitrogens is 2. The third-order valence-corrected chi connectivity index (χ3v) is 5.01. The molecule has 1 aliphatic rings. The first-order valence-electron chi connectivity index (χ1n) is 8.38. The minimum Gasteiger partial charge on any atom is -0.309 e. The largest absolute Gasteiger partial charge is 0.309 e. The van der Waals surface area contributed by atoms with Crippen LogP contribution < -0.4 is 4.90 Å². The molecule has 1 atom stereocenters. The van der Waals surface area contributed by atoms with Crippen LogP contribution in [0.4, 0.5) is 11.4 Å². The van der Waals surface area contributed by atoms with Crippen LogP contribution >= 0.6 is 0 Å². The van der Waals surface area contributed by atoms with E-state index in [1.807, 2.05) is 32.5 Å². The van der Waals surface area contributed by atoms with Gasteiger partial charge in [-0.05, 0) is 50.8 Å².